The monoisotopic (exact) mass is 417 g/mol. The van der Waals surface area contributed by atoms with E-state index in [1.54, 1.807) is 0 Å². The van der Waals surface area contributed by atoms with Gasteiger partial charge < -0.3 is 30.1 Å². The van der Waals surface area contributed by atoms with Crippen LogP contribution in [0.4, 0.5) is 0 Å². The van der Waals surface area contributed by atoms with E-state index in [1.165, 1.54) is 43.4 Å². The highest BCUT2D eigenvalue weighted by Gasteiger charge is 2.33. The van der Waals surface area contributed by atoms with Crippen LogP contribution in [0, 0.1) is 0 Å². The van der Waals surface area contributed by atoms with Crippen molar-refractivity contribution in [1.29, 1.82) is 0 Å². The zero-order valence-electron chi connectivity index (χ0n) is 17.7. The van der Waals surface area contributed by atoms with Gasteiger partial charge in [0, 0.05) is 19.5 Å². The smallest absolute Gasteiger partial charge is 0.307 e. The number of aliphatic hydroxyl groups excluding tert-OH is 4. The standard InChI is InChI=1S/C21H39NO7/c1-2-3-4-5-6-7-8-9-10-11-18(25)22-13-12-19(26)29-15-17(24)21(28)20(27)16(23)14-22/h16-17,20-21,23-24,27-28H,2-15H2,1H3/t16-,17+,20-,21-/m1/s1. The fourth-order valence-corrected chi connectivity index (χ4v) is 3.43. The molecule has 0 aromatic heterocycles. The van der Waals surface area contributed by atoms with Crippen molar-refractivity contribution >= 4 is 11.9 Å². The Kier molecular flexibility index (Phi) is 13.1. The van der Waals surface area contributed by atoms with Gasteiger partial charge in [0.15, 0.2) is 0 Å². The van der Waals surface area contributed by atoms with Gasteiger partial charge in [0.25, 0.3) is 0 Å². The number of nitrogens with zero attached hydrogens (tertiary/aromatic N) is 1. The highest BCUT2D eigenvalue weighted by molar-refractivity contribution is 5.77. The van der Waals surface area contributed by atoms with Gasteiger partial charge in [-0.25, -0.2) is 0 Å². The molecular weight excluding hydrogens is 378 g/mol. The van der Waals surface area contributed by atoms with Gasteiger partial charge in [-0.05, 0) is 6.42 Å². The maximum absolute atomic E-state index is 12.5. The molecule has 0 aromatic carbocycles. The Hall–Kier alpha value is -1.22. The van der Waals surface area contributed by atoms with E-state index < -0.39 is 37.0 Å². The second-order valence-corrected chi connectivity index (χ2v) is 7.97. The van der Waals surface area contributed by atoms with Crippen LogP contribution in [-0.4, -0.2) is 81.3 Å². The van der Waals surface area contributed by atoms with E-state index in [-0.39, 0.29) is 25.4 Å². The molecule has 1 heterocycles. The van der Waals surface area contributed by atoms with Gasteiger partial charge in [0.2, 0.25) is 5.91 Å². The van der Waals surface area contributed by atoms with Gasteiger partial charge in [-0.2, -0.15) is 0 Å². The molecule has 8 heteroatoms. The van der Waals surface area contributed by atoms with Crippen LogP contribution in [0.15, 0.2) is 0 Å². The summed E-state index contributed by atoms with van der Waals surface area (Å²) in [6.07, 6.45) is 4.19. The van der Waals surface area contributed by atoms with Crippen LogP contribution in [0.1, 0.15) is 77.6 Å². The number of hydrogen-bond donors (Lipinski definition) is 4. The van der Waals surface area contributed by atoms with Crippen molar-refractivity contribution in [2.45, 2.75) is 102 Å². The second-order valence-electron chi connectivity index (χ2n) is 7.97. The quantitative estimate of drug-likeness (QED) is 0.310. The Morgan fingerprint density at radius 1 is 0.931 bits per heavy atom. The number of carbonyl (C=O) groups excluding carboxylic acids is 2. The maximum atomic E-state index is 12.5. The molecule has 8 nitrogen and oxygen atoms in total. The van der Waals surface area contributed by atoms with Crippen LogP contribution >= 0.6 is 0 Å². The minimum absolute atomic E-state index is 0.0606. The Balaban J connectivity index is 2.43. The van der Waals surface area contributed by atoms with E-state index in [9.17, 15) is 30.0 Å². The lowest BCUT2D eigenvalue weighted by atomic mass is 10.0. The minimum Gasteiger partial charge on any atom is -0.463 e. The number of carbonyl (C=O) groups is 2. The molecular formula is C21H39NO7. The highest BCUT2D eigenvalue weighted by atomic mass is 16.5. The number of amides is 1. The molecule has 0 spiro atoms. The molecule has 1 aliphatic rings. The van der Waals surface area contributed by atoms with E-state index in [4.69, 9.17) is 4.74 Å². The zero-order valence-corrected chi connectivity index (χ0v) is 17.7. The van der Waals surface area contributed by atoms with Crippen LogP contribution < -0.4 is 0 Å². The molecule has 4 N–H and O–H groups in total. The number of cyclic esters (lactones) is 1. The molecule has 0 aliphatic carbocycles. The van der Waals surface area contributed by atoms with E-state index >= 15 is 0 Å². The van der Waals surface area contributed by atoms with Crippen molar-refractivity contribution in [1.82, 2.24) is 4.90 Å². The van der Waals surface area contributed by atoms with Gasteiger partial charge in [0.05, 0.1) is 6.42 Å². The molecule has 0 bridgehead atoms. The first kappa shape index (κ1) is 25.8. The van der Waals surface area contributed by atoms with Gasteiger partial charge in [-0.1, -0.05) is 58.3 Å². The largest absolute Gasteiger partial charge is 0.463 e. The summed E-state index contributed by atoms with van der Waals surface area (Å²) in [7, 11) is 0. The molecule has 1 amide bonds. The van der Waals surface area contributed by atoms with Crippen molar-refractivity contribution in [3.8, 4) is 0 Å². The lowest BCUT2D eigenvalue weighted by Crippen LogP contribution is -2.50. The van der Waals surface area contributed by atoms with E-state index in [0.29, 0.717) is 6.42 Å². The molecule has 29 heavy (non-hydrogen) atoms. The summed E-state index contributed by atoms with van der Waals surface area (Å²) in [6, 6.07) is 0. The molecule has 1 rings (SSSR count). The zero-order chi connectivity index (χ0) is 21.6. The third kappa shape index (κ3) is 10.4. The number of hydrogen-bond acceptors (Lipinski definition) is 7. The van der Waals surface area contributed by atoms with E-state index in [1.807, 2.05) is 0 Å². The Labute approximate surface area is 173 Å². The number of β-amino-alcohol motifs (C(OH)–C–C–N with tert-alkyl or cyclic N) is 1. The topological polar surface area (TPSA) is 128 Å². The van der Waals surface area contributed by atoms with E-state index in [2.05, 4.69) is 6.92 Å². The fraction of sp³-hybridized carbons (Fsp3) is 0.905. The van der Waals surface area contributed by atoms with Crippen LogP contribution in [0.3, 0.4) is 0 Å². The summed E-state index contributed by atoms with van der Waals surface area (Å²) < 4.78 is 4.85. The number of esters is 1. The van der Waals surface area contributed by atoms with Crippen LogP contribution in [0.2, 0.25) is 0 Å². The molecule has 1 aliphatic heterocycles. The van der Waals surface area contributed by atoms with Crippen molar-refractivity contribution in [2.75, 3.05) is 19.7 Å². The van der Waals surface area contributed by atoms with Crippen molar-refractivity contribution < 1.29 is 34.8 Å². The number of rotatable bonds is 10. The molecule has 0 radical (unpaired) electrons. The first-order valence-corrected chi connectivity index (χ1v) is 11.0. The molecule has 4 atom stereocenters. The second kappa shape index (κ2) is 14.7. The summed E-state index contributed by atoms with van der Waals surface area (Å²) >= 11 is 0. The average Bonchev–Trinajstić information content (AvgIpc) is 2.72. The SMILES string of the molecule is CCCCCCCCCCCC(=O)N1CCC(=O)OC[C@H](O)[C@@H](O)[C@H](O)[C@H](O)C1. The summed E-state index contributed by atoms with van der Waals surface area (Å²) in [5.74, 6) is -0.815. The molecule has 0 aromatic rings. The first-order valence-electron chi connectivity index (χ1n) is 11.0. The Bertz CT molecular complexity index is 474. The maximum Gasteiger partial charge on any atom is 0.307 e. The predicted octanol–water partition coefficient (Wildman–Crippen LogP) is 1.13. The highest BCUT2D eigenvalue weighted by Crippen LogP contribution is 2.14. The van der Waals surface area contributed by atoms with Gasteiger partial charge in [0.1, 0.15) is 31.0 Å². The van der Waals surface area contributed by atoms with Gasteiger partial charge in [-0.15, -0.1) is 0 Å². The minimum atomic E-state index is -1.68. The molecule has 0 unspecified atom stereocenters. The molecule has 170 valence electrons. The lowest BCUT2D eigenvalue weighted by Gasteiger charge is -2.29. The molecule has 1 saturated heterocycles. The normalized spacial score (nSPS) is 26.7. The Morgan fingerprint density at radius 2 is 1.48 bits per heavy atom. The molecule has 0 saturated carbocycles. The summed E-state index contributed by atoms with van der Waals surface area (Å²) in [5.41, 5.74) is 0. The van der Waals surface area contributed by atoms with Crippen LogP contribution in [-0.2, 0) is 14.3 Å². The summed E-state index contributed by atoms with van der Waals surface area (Å²) in [5, 5.41) is 39.8. The first-order chi connectivity index (χ1) is 13.9. The summed E-state index contributed by atoms with van der Waals surface area (Å²) in [4.78, 5) is 25.6. The number of ether oxygens (including phenoxy) is 1. The molecule has 1 fully saturated rings. The number of unbranched alkanes of at least 4 members (excludes halogenated alkanes) is 8. The average molecular weight is 418 g/mol. The predicted molar refractivity (Wildman–Crippen MR) is 108 cm³/mol. The van der Waals surface area contributed by atoms with Crippen molar-refractivity contribution in [3.05, 3.63) is 0 Å². The van der Waals surface area contributed by atoms with Crippen LogP contribution in [0.5, 0.6) is 0 Å². The van der Waals surface area contributed by atoms with Gasteiger partial charge >= 0.3 is 5.97 Å². The van der Waals surface area contributed by atoms with E-state index in [0.717, 1.165) is 19.3 Å². The van der Waals surface area contributed by atoms with Crippen LogP contribution in [0.25, 0.3) is 0 Å². The fourth-order valence-electron chi connectivity index (χ4n) is 3.43. The lowest BCUT2D eigenvalue weighted by molar-refractivity contribution is -0.153. The Morgan fingerprint density at radius 3 is 2.10 bits per heavy atom. The third-order valence-electron chi connectivity index (χ3n) is 5.39. The van der Waals surface area contributed by atoms with Crippen molar-refractivity contribution in [2.24, 2.45) is 0 Å². The van der Waals surface area contributed by atoms with Gasteiger partial charge in [-0.3, -0.25) is 9.59 Å². The number of aliphatic hydroxyl groups is 4. The third-order valence-corrected chi connectivity index (χ3v) is 5.39. The summed E-state index contributed by atoms with van der Waals surface area (Å²) in [6.45, 7) is 1.57. The van der Waals surface area contributed by atoms with Crippen molar-refractivity contribution in [3.63, 3.8) is 0 Å².